The van der Waals surface area contributed by atoms with Crippen LogP contribution >= 0.6 is 0 Å². The van der Waals surface area contributed by atoms with Crippen LogP contribution in [0.4, 0.5) is 0 Å². The van der Waals surface area contributed by atoms with Crippen molar-refractivity contribution in [1.82, 2.24) is 4.90 Å². The first-order chi connectivity index (χ1) is 6.73. The largest absolute Gasteiger partial charge is 0.374 e. The summed E-state index contributed by atoms with van der Waals surface area (Å²) in [5.41, 5.74) is 0.758. The fourth-order valence-electron chi connectivity index (χ4n) is 1.48. The molecule has 0 bridgehead atoms. The van der Waals surface area contributed by atoms with Gasteiger partial charge in [0.2, 0.25) is 5.78 Å². The molecule has 0 atom stereocenters. The molecule has 1 aliphatic rings. The van der Waals surface area contributed by atoms with Crippen LogP contribution in [0.1, 0.15) is 20.8 Å². The number of ketones is 2. The molecule has 1 aliphatic carbocycles. The van der Waals surface area contributed by atoms with E-state index < -0.39 is 0 Å². The molecule has 0 aromatic carbocycles. The van der Waals surface area contributed by atoms with E-state index in [2.05, 4.69) is 0 Å². The maximum atomic E-state index is 12.0. The van der Waals surface area contributed by atoms with Gasteiger partial charge in [-0.1, -0.05) is 20.8 Å². The van der Waals surface area contributed by atoms with E-state index in [-0.39, 0.29) is 17.0 Å². The first kappa shape index (κ1) is 11.7. The zero-order valence-corrected chi connectivity index (χ0v) is 9.92. The molecule has 1 rings (SSSR count). The fraction of sp³-hybridized carbons (Fsp3) is 0.500. The minimum Gasteiger partial charge on any atom is -0.374 e. The average molecular weight is 207 g/mol. The van der Waals surface area contributed by atoms with Gasteiger partial charge in [-0.2, -0.15) is 0 Å². The fourth-order valence-corrected chi connectivity index (χ4v) is 1.48. The minimum atomic E-state index is -0.289. The zero-order valence-electron chi connectivity index (χ0n) is 9.92. The number of carbonyl (C=O) groups excluding carboxylic acids is 2. The number of hydrogen-bond acceptors (Lipinski definition) is 3. The summed E-state index contributed by atoms with van der Waals surface area (Å²) in [6.45, 7) is 5.80. The summed E-state index contributed by atoms with van der Waals surface area (Å²) in [6.07, 6.45) is 2.83. The molecular weight excluding hydrogens is 190 g/mol. The van der Waals surface area contributed by atoms with Gasteiger partial charge in [0.1, 0.15) is 0 Å². The standard InChI is InChI=1S/C12H17NO2/c1-12(2,3)9-6-8(14)7-10(11(9)15)13(4)5/h6-7H,1-5H3. The molecule has 0 amide bonds. The van der Waals surface area contributed by atoms with Crippen LogP contribution in [0.25, 0.3) is 0 Å². The number of Topliss-reactive ketones (excluding diaryl/α,β-unsaturated/α-hetero) is 1. The molecule has 0 aromatic rings. The van der Waals surface area contributed by atoms with Crippen LogP contribution < -0.4 is 0 Å². The van der Waals surface area contributed by atoms with Crippen molar-refractivity contribution in [1.29, 1.82) is 0 Å². The summed E-state index contributed by atoms with van der Waals surface area (Å²) in [7, 11) is 3.53. The highest BCUT2D eigenvalue weighted by Crippen LogP contribution is 2.30. The Hall–Kier alpha value is -1.38. The summed E-state index contributed by atoms with van der Waals surface area (Å²) in [4.78, 5) is 25.2. The summed E-state index contributed by atoms with van der Waals surface area (Å²) in [6, 6.07) is 0. The molecule has 0 saturated heterocycles. The Morgan fingerprint density at radius 3 is 2.00 bits per heavy atom. The summed E-state index contributed by atoms with van der Waals surface area (Å²) in [5.74, 6) is -0.157. The van der Waals surface area contributed by atoms with Crippen molar-refractivity contribution in [2.75, 3.05) is 14.1 Å². The monoisotopic (exact) mass is 207 g/mol. The minimum absolute atomic E-state index is 0.0490. The Morgan fingerprint density at radius 1 is 1.07 bits per heavy atom. The lowest BCUT2D eigenvalue weighted by Crippen LogP contribution is -2.30. The maximum absolute atomic E-state index is 12.0. The van der Waals surface area contributed by atoms with Gasteiger partial charge in [-0.25, -0.2) is 0 Å². The predicted octanol–water partition coefficient (Wildman–Crippen LogP) is 1.56. The van der Waals surface area contributed by atoms with Crippen molar-refractivity contribution in [3.8, 4) is 0 Å². The average Bonchev–Trinajstić information content (AvgIpc) is 2.06. The molecule has 0 N–H and O–H groups in total. The van der Waals surface area contributed by atoms with Crippen LogP contribution in [0.3, 0.4) is 0 Å². The van der Waals surface area contributed by atoms with Crippen molar-refractivity contribution in [3.05, 3.63) is 23.4 Å². The van der Waals surface area contributed by atoms with E-state index in [9.17, 15) is 9.59 Å². The summed E-state index contributed by atoms with van der Waals surface area (Å²) < 4.78 is 0. The Kier molecular flexibility index (Phi) is 2.84. The van der Waals surface area contributed by atoms with Crippen LogP contribution in [0.2, 0.25) is 0 Å². The lowest BCUT2D eigenvalue weighted by atomic mass is 9.80. The van der Waals surface area contributed by atoms with E-state index in [4.69, 9.17) is 0 Å². The zero-order chi connectivity index (χ0) is 11.8. The normalized spacial score (nSPS) is 17.4. The Morgan fingerprint density at radius 2 is 1.60 bits per heavy atom. The second kappa shape index (κ2) is 3.65. The first-order valence-electron chi connectivity index (χ1n) is 4.93. The maximum Gasteiger partial charge on any atom is 0.205 e. The molecule has 0 saturated carbocycles. The second-order valence-electron chi connectivity index (χ2n) is 4.96. The van der Waals surface area contributed by atoms with E-state index in [0.29, 0.717) is 11.3 Å². The molecule has 3 heteroatoms. The number of hydrogen-bond donors (Lipinski definition) is 0. The molecule has 82 valence electrons. The van der Waals surface area contributed by atoms with Gasteiger partial charge in [0.25, 0.3) is 0 Å². The van der Waals surface area contributed by atoms with Crippen molar-refractivity contribution in [3.63, 3.8) is 0 Å². The second-order valence-corrected chi connectivity index (χ2v) is 4.96. The van der Waals surface area contributed by atoms with Gasteiger partial charge in [-0.3, -0.25) is 9.59 Å². The van der Waals surface area contributed by atoms with Gasteiger partial charge in [0, 0.05) is 25.7 Å². The van der Waals surface area contributed by atoms with E-state index >= 15 is 0 Å². The third-order valence-electron chi connectivity index (χ3n) is 2.33. The molecular formula is C12H17NO2. The van der Waals surface area contributed by atoms with Crippen LogP contribution in [-0.2, 0) is 9.59 Å². The first-order valence-corrected chi connectivity index (χ1v) is 4.93. The van der Waals surface area contributed by atoms with Gasteiger partial charge >= 0.3 is 0 Å². The number of allylic oxidation sites excluding steroid dienone is 3. The molecule has 0 aromatic heterocycles. The molecule has 0 aliphatic heterocycles. The molecule has 15 heavy (non-hydrogen) atoms. The van der Waals surface area contributed by atoms with Gasteiger partial charge in [0.05, 0.1) is 5.70 Å². The van der Waals surface area contributed by atoms with Gasteiger partial charge < -0.3 is 4.90 Å². The molecule has 0 spiro atoms. The third-order valence-corrected chi connectivity index (χ3v) is 2.33. The van der Waals surface area contributed by atoms with E-state index in [1.54, 1.807) is 19.0 Å². The van der Waals surface area contributed by atoms with Crippen LogP contribution in [-0.4, -0.2) is 30.6 Å². The summed E-state index contributed by atoms with van der Waals surface area (Å²) >= 11 is 0. The topological polar surface area (TPSA) is 37.4 Å². The molecule has 0 heterocycles. The van der Waals surface area contributed by atoms with Crippen LogP contribution in [0.15, 0.2) is 23.4 Å². The van der Waals surface area contributed by atoms with E-state index in [1.807, 2.05) is 20.8 Å². The number of rotatable bonds is 1. The SMILES string of the molecule is CN(C)C1=CC(=O)C=C(C(C)(C)C)C1=O. The molecule has 0 radical (unpaired) electrons. The predicted molar refractivity (Wildman–Crippen MR) is 59.3 cm³/mol. The van der Waals surface area contributed by atoms with Gasteiger partial charge in [-0.15, -0.1) is 0 Å². The number of carbonyl (C=O) groups is 2. The Labute approximate surface area is 90.5 Å². The highest BCUT2D eigenvalue weighted by Gasteiger charge is 2.30. The van der Waals surface area contributed by atoms with Crippen LogP contribution in [0.5, 0.6) is 0 Å². The lowest BCUT2D eigenvalue weighted by molar-refractivity contribution is -0.117. The molecule has 0 unspecified atom stereocenters. The smallest absolute Gasteiger partial charge is 0.205 e. The lowest BCUT2D eigenvalue weighted by Gasteiger charge is -2.27. The van der Waals surface area contributed by atoms with Gasteiger partial charge in [0.15, 0.2) is 5.78 Å². The quantitative estimate of drug-likeness (QED) is 0.612. The third kappa shape index (κ3) is 2.35. The molecule has 3 nitrogen and oxygen atoms in total. The number of likely N-dealkylation sites (N-methyl/N-ethyl adjacent to an activating group) is 1. The van der Waals surface area contributed by atoms with E-state index in [0.717, 1.165) is 0 Å². The highest BCUT2D eigenvalue weighted by molar-refractivity contribution is 6.20. The Balaban J connectivity index is 3.16. The highest BCUT2D eigenvalue weighted by atomic mass is 16.1. The van der Waals surface area contributed by atoms with E-state index in [1.165, 1.54) is 12.2 Å². The van der Waals surface area contributed by atoms with Crippen molar-refractivity contribution < 1.29 is 9.59 Å². The van der Waals surface area contributed by atoms with Crippen molar-refractivity contribution >= 4 is 11.6 Å². The Bertz CT molecular complexity index is 368. The number of nitrogens with zero attached hydrogens (tertiary/aromatic N) is 1. The van der Waals surface area contributed by atoms with Crippen LogP contribution in [0, 0.1) is 5.41 Å². The van der Waals surface area contributed by atoms with Crippen molar-refractivity contribution in [2.45, 2.75) is 20.8 Å². The van der Waals surface area contributed by atoms with Gasteiger partial charge in [-0.05, 0) is 11.5 Å². The summed E-state index contributed by atoms with van der Waals surface area (Å²) in [5, 5.41) is 0. The molecule has 0 fully saturated rings. The van der Waals surface area contributed by atoms with Crippen molar-refractivity contribution in [2.24, 2.45) is 5.41 Å².